The molecule has 11 heteroatoms. The lowest BCUT2D eigenvalue weighted by Crippen LogP contribution is -2.30. The van der Waals surface area contributed by atoms with Crippen molar-refractivity contribution >= 4 is 35.1 Å². The van der Waals surface area contributed by atoms with E-state index in [9.17, 15) is 29.8 Å². The lowest BCUT2D eigenvalue weighted by atomic mass is 10.2. The van der Waals surface area contributed by atoms with Crippen molar-refractivity contribution in [1.29, 1.82) is 0 Å². The summed E-state index contributed by atoms with van der Waals surface area (Å²) >= 11 is 0. The summed E-state index contributed by atoms with van der Waals surface area (Å²) in [5.74, 6) is -2.02. The van der Waals surface area contributed by atoms with Gasteiger partial charge in [-0.3, -0.25) is 29.8 Å². The van der Waals surface area contributed by atoms with E-state index in [2.05, 4.69) is 10.6 Å². The van der Waals surface area contributed by atoms with Crippen LogP contribution in [-0.4, -0.2) is 21.7 Å². The maximum Gasteiger partial charge on any atom is 0.433 e. The van der Waals surface area contributed by atoms with E-state index >= 15 is 0 Å². The Bertz CT molecular complexity index is 1190. The molecule has 0 fully saturated rings. The van der Waals surface area contributed by atoms with Crippen molar-refractivity contribution in [3.63, 3.8) is 0 Å². The number of nitrogens with zero attached hydrogens (tertiary/aromatic N) is 2. The number of nitro benzene ring substituents is 1. The van der Waals surface area contributed by atoms with E-state index < -0.39 is 27.5 Å². The zero-order chi connectivity index (χ0) is 22.4. The van der Waals surface area contributed by atoms with Crippen molar-refractivity contribution in [2.24, 2.45) is 0 Å². The average molecular weight is 422 g/mol. The highest BCUT2D eigenvalue weighted by Gasteiger charge is 2.18. The van der Waals surface area contributed by atoms with Gasteiger partial charge in [0.05, 0.1) is 11.0 Å². The molecule has 2 amide bonds. The zero-order valence-electron chi connectivity index (χ0n) is 15.7. The van der Waals surface area contributed by atoms with E-state index in [4.69, 9.17) is 4.42 Å². The van der Waals surface area contributed by atoms with Gasteiger partial charge in [-0.15, -0.1) is 0 Å². The van der Waals surface area contributed by atoms with Gasteiger partial charge in [0.25, 0.3) is 17.5 Å². The minimum atomic E-state index is -0.816. The Balaban J connectivity index is 1.90. The quantitative estimate of drug-likeness (QED) is 0.335. The summed E-state index contributed by atoms with van der Waals surface area (Å²) in [7, 11) is 0. The number of rotatable bonds is 7. The van der Waals surface area contributed by atoms with E-state index in [0.717, 1.165) is 18.2 Å². The molecule has 0 aliphatic rings. The molecule has 0 atom stereocenters. The minimum Gasteiger partial charge on any atom is -0.401 e. The van der Waals surface area contributed by atoms with E-state index in [1.807, 2.05) is 0 Å². The second-order valence-corrected chi connectivity index (χ2v) is 6.07. The van der Waals surface area contributed by atoms with Gasteiger partial charge < -0.3 is 15.1 Å². The fourth-order valence-corrected chi connectivity index (χ4v) is 2.50. The number of carbonyl (C=O) groups is 2. The van der Waals surface area contributed by atoms with Crippen molar-refractivity contribution in [1.82, 2.24) is 5.32 Å². The van der Waals surface area contributed by atoms with E-state index in [1.54, 1.807) is 18.2 Å². The number of nitrogens with one attached hydrogen (secondary N) is 2. The molecular formula is C20H14N4O7. The molecule has 11 nitrogen and oxygen atoms in total. The van der Waals surface area contributed by atoms with Crippen molar-refractivity contribution in [2.45, 2.75) is 0 Å². The first-order valence-corrected chi connectivity index (χ1v) is 8.71. The van der Waals surface area contributed by atoms with Gasteiger partial charge in [0, 0.05) is 29.5 Å². The molecular weight excluding hydrogens is 408 g/mol. The van der Waals surface area contributed by atoms with Crippen molar-refractivity contribution in [2.75, 3.05) is 5.32 Å². The number of nitro groups is 2. The van der Waals surface area contributed by atoms with E-state index in [-0.39, 0.29) is 28.4 Å². The fourth-order valence-electron chi connectivity index (χ4n) is 2.50. The third-order valence-corrected chi connectivity index (χ3v) is 3.92. The van der Waals surface area contributed by atoms with Crippen molar-refractivity contribution in [3.05, 3.63) is 104 Å². The van der Waals surface area contributed by atoms with Gasteiger partial charge in [-0.1, -0.05) is 24.3 Å². The van der Waals surface area contributed by atoms with Crippen LogP contribution in [0.3, 0.4) is 0 Å². The number of furan rings is 1. The molecule has 0 spiro atoms. The van der Waals surface area contributed by atoms with Gasteiger partial charge >= 0.3 is 5.88 Å². The normalized spacial score (nSPS) is 10.9. The third-order valence-electron chi connectivity index (χ3n) is 3.92. The molecule has 31 heavy (non-hydrogen) atoms. The van der Waals surface area contributed by atoms with Crippen LogP contribution >= 0.6 is 0 Å². The Morgan fingerprint density at radius 2 is 1.65 bits per heavy atom. The molecule has 2 N–H and O–H groups in total. The van der Waals surface area contributed by atoms with Crippen LogP contribution in [0.15, 0.2) is 76.8 Å². The maximum absolute atomic E-state index is 12.8. The summed E-state index contributed by atoms with van der Waals surface area (Å²) in [5.41, 5.74) is -0.144. The number of carbonyl (C=O) groups excluding carboxylic acids is 2. The first-order valence-electron chi connectivity index (χ1n) is 8.71. The monoisotopic (exact) mass is 422 g/mol. The van der Waals surface area contributed by atoms with E-state index in [0.29, 0.717) is 0 Å². The maximum atomic E-state index is 12.8. The summed E-state index contributed by atoms with van der Waals surface area (Å²) in [4.78, 5) is 45.6. The predicted molar refractivity (Wildman–Crippen MR) is 109 cm³/mol. The Kier molecular flexibility index (Phi) is 6.16. The van der Waals surface area contributed by atoms with Crippen LogP contribution in [0.5, 0.6) is 0 Å². The van der Waals surface area contributed by atoms with Gasteiger partial charge in [0.15, 0.2) is 0 Å². The number of amides is 2. The summed E-state index contributed by atoms with van der Waals surface area (Å²) < 4.78 is 5.02. The molecule has 0 radical (unpaired) electrons. The molecule has 0 unspecified atom stereocenters. The number of non-ortho nitro benzene ring substituents is 1. The van der Waals surface area contributed by atoms with Crippen LogP contribution in [-0.2, 0) is 4.79 Å². The molecule has 0 bridgehead atoms. The predicted octanol–water partition coefficient (Wildman–Crippen LogP) is 3.51. The molecule has 3 aromatic rings. The van der Waals surface area contributed by atoms with Crippen LogP contribution in [0.25, 0.3) is 6.08 Å². The Morgan fingerprint density at radius 1 is 0.903 bits per heavy atom. The van der Waals surface area contributed by atoms with Crippen molar-refractivity contribution < 1.29 is 23.9 Å². The van der Waals surface area contributed by atoms with Crippen LogP contribution in [0.4, 0.5) is 17.3 Å². The molecule has 3 rings (SSSR count). The van der Waals surface area contributed by atoms with Gasteiger partial charge in [-0.2, -0.15) is 0 Å². The molecule has 2 aromatic carbocycles. The number of anilines is 1. The van der Waals surface area contributed by atoms with Crippen molar-refractivity contribution in [3.8, 4) is 0 Å². The molecule has 1 heterocycles. The lowest BCUT2D eigenvalue weighted by Gasteiger charge is -2.10. The zero-order valence-corrected chi connectivity index (χ0v) is 15.7. The lowest BCUT2D eigenvalue weighted by molar-refractivity contribution is -0.402. The highest BCUT2D eigenvalue weighted by Crippen LogP contribution is 2.20. The minimum absolute atomic E-state index is 0.0516. The summed E-state index contributed by atoms with van der Waals surface area (Å²) in [6.45, 7) is 0. The largest absolute Gasteiger partial charge is 0.433 e. The summed E-state index contributed by atoms with van der Waals surface area (Å²) in [6, 6.07) is 15.6. The number of hydrogen-bond donors (Lipinski definition) is 2. The Morgan fingerprint density at radius 3 is 2.29 bits per heavy atom. The number of benzene rings is 2. The van der Waals surface area contributed by atoms with E-state index in [1.165, 1.54) is 36.4 Å². The smallest absolute Gasteiger partial charge is 0.401 e. The molecule has 0 aliphatic heterocycles. The molecule has 0 aliphatic carbocycles. The number of hydrogen-bond acceptors (Lipinski definition) is 7. The summed E-state index contributed by atoms with van der Waals surface area (Å²) in [5, 5.41) is 26.6. The topological polar surface area (TPSA) is 158 Å². The van der Waals surface area contributed by atoms with Crippen LogP contribution in [0.1, 0.15) is 16.1 Å². The average Bonchev–Trinajstić information content (AvgIpc) is 3.23. The molecule has 1 aromatic heterocycles. The molecule has 156 valence electrons. The first-order chi connectivity index (χ1) is 14.8. The van der Waals surface area contributed by atoms with Gasteiger partial charge in [0.1, 0.15) is 16.4 Å². The van der Waals surface area contributed by atoms with Gasteiger partial charge in [-0.25, -0.2) is 0 Å². The first kappa shape index (κ1) is 20.9. The standard InChI is InChI=1S/C20H14N4O7/c25-19(13-5-2-1-3-6-13)22-17(12-16-9-10-18(31-16)24(29)30)20(26)21-14-7-4-8-15(11-14)23(27)28/h1-12H,(H,21,26)(H,22,25). The highest BCUT2D eigenvalue weighted by atomic mass is 16.6. The summed E-state index contributed by atoms with van der Waals surface area (Å²) in [6.07, 6.45) is 1.11. The SMILES string of the molecule is O=C(Nc1cccc([N+](=O)[O-])c1)C(=Cc1ccc([N+](=O)[O-])o1)NC(=O)c1ccccc1. The van der Waals surface area contributed by atoms with Crippen LogP contribution in [0.2, 0.25) is 0 Å². The molecule has 0 saturated heterocycles. The Labute approximate surface area is 174 Å². The van der Waals surface area contributed by atoms with Gasteiger partial charge in [-0.05, 0) is 24.3 Å². The van der Waals surface area contributed by atoms with Gasteiger partial charge in [0.2, 0.25) is 0 Å². The van der Waals surface area contributed by atoms with Crippen LogP contribution < -0.4 is 10.6 Å². The second kappa shape index (κ2) is 9.13. The van der Waals surface area contributed by atoms with Crippen LogP contribution in [0, 0.1) is 20.2 Å². The molecule has 0 saturated carbocycles. The Hall–Kier alpha value is -4.80. The fraction of sp³-hybridized carbons (Fsp3) is 0. The highest BCUT2D eigenvalue weighted by molar-refractivity contribution is 6.10. The second-order valence-electron chi connectivity index (χ2n) is 6.07. The third kappa shape index (κ3) is 5.38.